The standard InChI is InChI=1S/C51H48O6S/c1-36-47(35-53-31-37-17-7-3-8-18-37)57-50(51(56-34-40-23-13-6-14-24-40)49(36)55-33-39-21-11-5-12-22-39)44-29-42(28-43-27-41-25-15-16-26-48(41)58-43)45(52-2)30-46(44)54-32-38-19-9-4-10-20-38/h3-27,29-30,47,49-51H,1,28,31-35H2,2H3/t47-,49+,50-,51-/m1/s1. The van der Waals surface area contributed by atoms with E-state index in [-0.39, 0.29) is 6.61 Å². The molecule has 0 amide bonds. The van der Waals surface area contributed by atoms with Gasteiger partial charge in [0.15, 0.2) is 0 Å². The average Bonchev–Trinajstić information content (AvgIpc) is 3.69. The van der Waals surface area contributed by atoms with Gasteiger partial charge >= 0.3 is 0 Å². The topological polar surface area (TPSA) is 55.4 Å². The van der Waals surface area contributed by atoms with E-state index in [0.717, 1.165) is 44.7 Å². The molecule has 0 aliphatic carbocycles. The molecule has 7 aromatic rings. The highest BCUT2D eigenvalue weighted by molar-refractivity contribution is 7.19. The van der Waals surface area contributed by atoms with E-state index in [4.69, 9.17) is 28.4 Å². The third kappa shape index (κ3) is 9.76. The number of hydrogen-bond acceptors (Lipinski definition) is 7. The quantitative estimate of drug-likeness (QED) is 0.0857. The average molecular weight is 789 g/mol. The van der Waals surface area contributed by atoms with Gasteiger partial charge in [-0.15, -0.1) is 11.3 Å². The molecule has 0 unspecified atom stereocenters. The van der Waals surface area contributed by atoms with Gasteiger partial charge in [-0.25, -0.2) is 0 Å². The van der Waals surface area contributed by atoms with Crippen molar-refractivity contribution in [1.82, 2.24) is 0 Å². The van der Waals surface area contributed by atoms with Crippen LogP contribution in [0.5, 0.6) is 11.5 Å². The Balaban J connectivity index is 1.20. The molecule has 6 aromatic carbocycles. The number of methoxy groups -OCH3 is 1. The second-order valence-electron chi connectivity index (χ2n) is 14.5. The first-order valence-electron chi connectivity index (χ1n) is 19.7. The van der Waals surface area contributed by atoms with Crippen molar-refractivity contribution in [2.24, 2.45) is 0 Å². The molecule has 7 heteroatoms. The van der Waals surface area contributed by atoms with Gasteiger partial charge in [-0.2, -0.15) is 0 Å². The van der Waals surface area contributed by atoms with Crippen LogP contribution in [0.3, 0.4) is 0 Å². The lowest BCUT2D eigenvalue weighted by Crippen LogP contribution is -2.49. The van der Waals surface area contributed by atoms with E-state index in [1.807, 2.05) is 78.9 Å². The first-order valence-corrected chi connectivity index (χ1v) is 20.5. The molecule has 6 nitrogen and oxygen atoms in total. The fraction of sp³-hybridized carbons (Fsp3) is 0.216. The minimum atomic E-state index is -0.627. The molecule has 2 heterocycles. The Morgan fingerprint density at radius 1 is 0.603 bits per heavy atom. The molecule has 8 rings (SSSR count). The van der Waals surface area contributed by atoms with Crippen LogP contribution in [0.2, 0.25) is 0 Å². The molecule has 294 valence electrons. The summed E-state index contributed by atoms with van der Waals surface area (Å²) in [5.41, 5.74) is 6.86. The highest BCUT2D eigenvalue weighted by atomic mass is 32.1. The Kier molecular flexibility index (Phi) is 13.1. The lowest BCUT2D eigenvalue weighted by atomic mass is 9.88. The molecule has 0 N–H and O–H groups in total. The third-order valence-corrected chi connectivity index (χ3v) is 11.5. The van der Waals surface area contributed by atoms with Crippen molar-refractivity contribution in [3.05, 3.63) is 214 Å². The van der Waals surface area contributed by atoms with Crippen LogP contribution >= 0.6 is 11.3 Å². The van der Waals surface area contributed by atoms with E-state index < -0.39 is 24.4 Å². The van der Waals surface area contributed by atoms with Crippen LogP contribution in [-0.4, -0.2) is 32.0 Å². The van der Waals surface area contributed by atoms with Crippen molar-refractivity contribution in [1.29, 1.82) is 0 Å². The number of fused-ring (bicyclic) bond motifs is 1. The highest BCUT2D eigenvalue weighted by Gasteiger charge is 2.45. The number of thiophene rings is 1. The van der Waals surface area contributed by atoms with Gasteiger partial charge in [0.25, 0.3) is 0 Å². The van der Waals surface area contributed by atoms with E-state index in [2.05, 4.69) is 91.5 Å². The molecule has 4 atom stereocenters. The summed E-state index contributed by atoms with van der Waals surface area (Å²) in [7, 11) is 1.71. The Labute approximate surface area is 345 Å². The second kappa shape index (κ2) is 19.3. The highest BCUT2D eigenvalue weighted by Crippen LogP contribution is 2.45. The minimum Gasteiger partial charge on any atom is -0.496 e. The normalized spacial score (nSPS) is 18.0. The fourth-order valence-electron chi connectivity index (χ4n) is 7.40. The third-order valence-electron chi connectivity index (χ3n) is 10.4. The van der Waals surface area contributed by atoms with Gasteiger partial charge in [0, 0.05) is 27.6 Å². The predicted molar refractivity (Wildman–Crippen MR) is 231 cm³/mol. The number of rotatable bonds is 17. The van der Waals surface area contributed by atoms with E-state index in [0.29, 0.717) is 38.6 Å². The number of hydrogen-bond donors (Lipinski definition) is 0. The minimum absolute atomic E-state index is 0.284. The molecule has 0 radical (unpaired) electrons. The Hall–Kier alpha value is -5.54. The number of benzene rings is 6. The summed E-state index contributed by atoms with van der Waals surface area (Å²) in [6, 6.07) is 55.7. The lowest BCUT2D eigenvalue weighted by Gasteiger charge is -2.43. The Bertz CT molecular complexity index is 2330. The maximum Gasteiger partial charge on any atom is 0.129 e. The SMILES string of the molecule is C=C1[C@@H](COCc2ccccc2)O[C@H](c2cc(Cc3cc4ccccc4s3)c(OC)cc2OCc2ccccc2)[C@H](OCc2ccccc2)[C@H]1OCc1ccccc1. The first kappa shape index (κ1) is 39.3. The maximum atomic E-state index is 7.18. The zero-order chi connectivity index (χ0) is 39.5. The predicted octanol–water partition coefficient (Wildman–Crippen LogP) is 11.5. The lowest BCUT2D eigenvalue weighted by molar-refractivity contribution is -0.191. The summed E-state index contributed by atoms with van der Waals surface area (Å²) < 4.78 is 41.5. The number of ether oxygens (including phenoxy) is 6. The summed E-state index contributed by atoms with van der Waals surface area (Å²) in [4.78, 5) is 1.23. The molecule has 1 aliphatic heterocycles. The monoisotopic (exact) mass is 788 g/mol. The van der Waals surface area contributed by atoms with Crippen LogP contribution in [0.4, 0.5) is 0 Å². The van der Waals surface area contributed by atoms with E-state index in [1.165, 1.54) is 15.0 Å². The fourth-order valence-corrected chi connectivity index (χ4v) is 8.49. The molecule has 1 saturated heterocycles. The van der Waals surface area contributed by atoms with Crippen LogP contribution in [-0.2, 0) is 51.8 Å². The van der Waals surface area contributed by atoms with Crippen molar-refractivity contribution in [3.8, 4) is 11.5 Å². The molecule has 1 aliphatic rings. The van der Waals surface area contributed by atoms with Gasteiger partial charge in [0.2, 0.25) is 0 Å². The van der Waals surface area contributed by atoms with Crippen LogP contribution in [0.15, 0.2) is 176 Å². The Morgan fingerprint density at radius 3 is 1.79 bits per heavy atom. The van der Waals surface area contributed by atoms with Crippen LogP contribution in [0.1, 0.15) is 44.4 Å². The molecule has 58 heavy (non-hydrogen) atoms. The molecule has 0 bridgehead atoms. The van der Waals surface area contributed by atoms with Gasteiger partial charge in [-0.3, -0.25) is 0 Å². The molecular formula is C51H48O6S. The van der Waals surface area contributed by atoms with Crippen LogP contribution < -0.4 is 9.47 Å². The van der Waals surface area contributed by atoms with E-state index in [1.54, 1.807) is 18.4 Å². The smallest absolute Gasteiger partial charge is 0.129 e. The molecule has 0 spiro atoms. The second-order valence-corrected chi connectivity index (χ2v) is 15.7. The van der Waals surface area contributed by atoms with Crippen LogP contribution in [0, 0.1) is 0 Å². The van der Waals surface area contributed by atoms with Crippen molar-refractivity contribution in [2.75, 3.05) is 13.7 Å². The molecular weight excluding hydrogens is 741 g/mol. The van der Waals surface area contributed by atoms with E-state index in [9.17, 15) is 0 Å². The van der Waals surface area contributed by atoms with Gasteiger partial charge in [0.1, 0.15) is 42.5 Å². The maximum absolute atomic E-state index is 7.18. The summed E-state index contributed by atoms with van der Waals surface area (Å²) in [5, 5.41) is 1.23. The zero-order valence-electron chi connectivity index (χ0n) is 32.7. The molecule has 0 saturated carbocycles. The van der Waals surface area contributed by atoms with Crippen molar-refractivity contribution >= 4 is 21.4 Å². The van der Waals surface area contributed by atoms with Crippen molar-refractivity contribution < 1.29 is 28.4 Å². The van der Waals surface area contributed by atoms with Gasteiger partial charge in [0.05, 0.1) is 33.5 Å². The van der Waals surface area contributed by atoms with Gasteiger partial charge in [-0.1, -0.05) is 146 Å². The summed E-state index contributed by atoms with van der Waals surface area (Å²) in [6.45, 7) is 6.42. The summed E-state index contributed by atoms with van der Waals surface area (Å²) in [6.07, 6.45) is -1.59. The molecule has 1 fully saturated rings. The molecule has 1 aromatic heterocycles. The van der Waals surface area contributed by atoms with Gasteiger partial charge < -0.3 is 28.4 Å². The van der Waals surface area contributed by atoms with Crippen molar-refractivity contribution in [3.63, 3.8) is 0 Å². The van der Waals surface area contributed by atoms with E-state index >= 15 is 0 Å². The zero-order valence-corrected chi connectivity index (χ0v) is 33.5. The van der Waals surface area contributed by atoms with Crippen molar-refractivity contribution in [2.45, 2.75) is 57.3 Å². The summed E-state index contributed by atoms with van der Waals surface area (Å²) in [5.74, 6) is 1.39. The van der Waals surface area contributed by atoms with Crippen LogP contribution in [0.25, 0.3) is 10.1 Å². The largest absolute Gasteiger partial charge is 0.496 e. The van der Waals surface area contributed by atoms with Gasteiger partial charge in [-0.05, 0) is 57.0 Å². The Morgan fingerprint density at radius 2 is 1.17 bits per heavy atom. The first-order chi connectivity index (χ1) is 28.6. The summed E-state index contributed by atoms with van der Waals surface area (Å²) >= 11 is 1.79.